The number of ether oxygens (including phenoxy) is 1. The van der Waals surface area contributed by atoms with E-state index in [4.69, 9.17) is 16.3 Å². The number of ketones is 1. The molecule has 0 spiro atoms. The molecule has 1 heterocycles. The molecule has 1 saturated heterocycles. The number of aliphatic carboxylic acids is 1. The quantitative estimate of drug-likeness (QED) is 0.864. The summed E-state index contributed by atoms with van der Waals surface area (Å²) in [5.74, 6) is -2.31. The first-order valence-electron chi connectivity index (χ1n) is 5.75. The van der Waals surface area contributed by atoms with Gasteiger partial charge in [0.1, 0.15) is 5.82 Å². The molecule has 1 atom stereocenters. The van der Waals surface area contributed by atoms with Crippen molar-refractivity contribution >= 4 is 23.4 Å². The number of carbonyl (C=O) groups is 2. The van der Waals surface area contributed by atoms with Crippen molar-refractivity contribution in [2.45, 2.75) is 12.8 Å². The van der Waals surface area contributed by atoms with Crippen molar-refractivity contribution in [1.29, 1.82) is 0 Å². The van der Waals surface area contributed by atoms with Gasteiger partial charge >= 0.3 is 5.97 Å². The van der Waals surface area contributed by atoms with Crippen LogP contribution in [-0.2, 0) is 20.7 Å². The van der Waals surface area contributed by atoms with Gasteiger partial charge in [-0.2, -0.15) is 0 Å². The second-order valence-electron chi connectivity index (χ2n) is 4.50. The fourth-order valence-electron chi connectivity index (χ4n) is 2.15. The minimum absolute atomic E-state index is 0.0409. The number of benzene rings is 1. The number of hydrogen-bond acceptors (Lipinski definition) is 3. The lowest BCUT2D eigenvalue weighted by Crippen LogP contribution is -2.48. The highest BCUT2D eigenvalue weighted by molar-refractivity contribution is 6.31. The van der Waals surface area contributed by atoms with Gasteiger partial charge in [-0.1, -0.05) is 23.7 Å². The number of hydrogen-bond donors (Lipinski definition) is 1. The van der Waals surface area contributed by atoms with Gasteiger partial charge in [-0.3, -0.25) is 9.59 Å². The molecule has 1 aromatic rings. The van der Waals surface area contributed by atoms with Crippen LogP contribution in [-0.4, -0.2) is 30.1 Å². The van der Waals surface area contributed by atoms with Crippen LogP contribution >= 0.6 is 11.6 Å². The number of carboxylic acid groups (broad SMARTS) is 1. The molecule has 102 valence electrons. The lowest BCUT2D eigenvalue weighted by molar-refractivity contribution is -0.164. The van der Waals surface area contributed by atoms with E-state index in [1.54, 1.807) is 0 Å². The fourth-order valence-corrected chi connectivity index (χ4v) is 2.34. The Balaban J connectivity index is 2.39. The third kappa shape index (κ3) is 2.48. The number of Topliss-reactive ketones (excluding diaryl/α,β-unsaturated/α-hetero) is 1. The highest BCUT2D eigenvalue weighted by Gasteiger charge is 2.48. The van der Waals surface area contributed by atoms with E-state index in [1.807, 2.05) is 0 Å². The van der Waals surface area contributed by atoms with Gasteiger partial charge in [-0.05, 0) is 18.1 Å². The van der Waals surface area contributed by atoms with E-state index in [1.165, 1.54) is 18.2 Å². The second kappa shape index (κ2) is 5.27. The zero-order chi connectivity index (χ0) is 14.0. The minimum atomic E-state index is -1.67. The van der Waals surface area contributed by atoms with Gasteiger partial charge in [0, 0.05) is 6.42 Å². The Hall–Kier alpha value is -1.46. The molecular weight excluding hydrogens is 275 g/mol. The van der Waals surface area contributed by atoms with Crippen LogP contribution in [0.1, 0.15) is 12.0 Å². The largest absolute Gasteiger partial charge is 0.480 e. The molecule has 4 nitrogen and oxygen atoms in total. The van der Waals surface area contributed by atoms with Crippen LogP contribution < -0.4 is 0 Å². The van der Waals surface area contributed by atoms with Gasteiger partial charge in [-0.25, -0.2) is 4.39 Å². The Kier molecular flexibility index (Phi) is 3.87. The van der Waals surface area contributed by atoms with Crippen LogP contribution in [0.3, 0.4) is 0 Å². The Morgan fingerprint density at radius 3 is 2.89 bits per heavy atom. The van der Waals surface area contributed by atoms with Crippen LogP contribution in [0.25, 0.3) is 0 Å². The molecule has 0 aromatic heterocycles. The molecule has 1 fully saturated rings. The fraction of sp³-hybridized carbons (Fsp3) is 0.385. The van der Waals surface area contributed by atoms with Gasteiger partial charge < -0.3 is 9.84 Å². The molecule has 0 radical (unpaired) electrons. The molecule has 1 aliphatic heterocycles. The van der Waals surface area contributed by atoms with Gasteiger partial charge in [0.25, 0.3) is 0 Å². The summed E-state index contributed by atoms with van der Waals surface area (Å²) in [4.78, 5) is 23.4. The second-order valence-corrected chi connectivity index (χ2v) is 4.88. The van der Waals surface area contributed by atoms with Crippen molar-refractivity contribution in [2.24, 2.45) is 5.41 Å². The third-order valence-corrected chi connectivity index (χ3v) is 3.71. The van der Waals surface area contributed by atoms with E-state index in [9.17, 15) is 19.1 Å². The third-order valence-electron chi connectivity index (χ3n) is 3.29. The van der Waals surface area contributed by atoms with Crippen LogP contribution in [0, 0.1) is 11.2 Å². The molecule has 1 unspecified atom stereocenters. The van der Waals surface area contributed by atoms with Gasteiger partial charge in [-0.15, -0.1) is 0 Å². The van der Waals surface area contributed by atoms with Crippen molar-refractivity contribution in [3.63, 3.8) is 0 Å². The van der Waals surface area contributed by atoms with Crippen LogP contribution in [0.15, 0.2) is 18.2 Å². The Morgan fingerprint density at radius 2 is 2.26 bits per heavy atom. The normalized spacial score (nSPS) is 23.4. The maximum Gasteiger partial charge on any atom is 0.319 e. The van der Waals surface area contributed by atoms with Gasteiger partial charge in [0.2, 0.25) is 0 Å². The van der Waals surface area contributed by atoms with E-state index in [0.717, 1.165) is 0 Å². The van der Waals surface area contributed by atoms with Crippen molar-refractivity contribution in [1.82, 2.24) is 0 Å². The maximum absolute atomic E-state index is 13.4. The topological polar surface area (TPSA) is 63.6 Å². The minimum Gasteiger partial charge on any atom is -0.480 e. The molecule has 0 aliphatic carbocycles. The Labute approximate surface area is 114 Å². The van der Waals surface area contributed by atoms with Crippen molar-refractivity contribution in [3.05, 3.63) is 34.6 Å². The summed E-state index contributed by atoms with van der Waals surface area (Å²) in [5.41, 5.74) is -1.38. The Bertz CT molecular complexity index is 531. The summed E-state index contributed by atoms with van der Waals surface area (Å²) in [7, 11) is 0. The molecule has 0 amide bonds. The molecule has 1 N–H and O–H groups in total. The SMILES string of the molecule is O=C(O)C1(Cc2cccc(F)c2Cl)COCCC1=O. The van der Waals surface area contributed by atoms with Crippen molar-refractivity contribution < 1.29 is 23.8 Å². The zero-order valence-electron chi connectivity index (χ0n) is 9.99. The molecule has 6 heteroatoms. The predicted molar refractivity (Wildman–Crippen MR) is 65.6 cm³/mol. The van der Waals surface area contributed by atoms with E-state index in [-0.39, 0.29) is 31.1 Å². The lowest BCUT2D eigenvalue weighted by atomic mass is 9.76. The van der Waals surface area contributed by atoms with Crippen LogP contribution in [0.4, 0.5) is 4.39 Å². The predicted octanol–water partition coefficient (Wildman–Crippen LogP) is 2.08. The van der Waals surface area contributed by atoms with Crippen LogP contribution in [0.5, 0.6) is 0 Å². The van der Waals surface area contributed by atoms with Gasteiger partial charge in [0.15, 0.2) is 11.2 Å². The highest BCUT2D eigenvalue weighted by atomic mass is 35.5. The van der Waals surface area contributed by atoms with Crippen molar-refractivity contribution in [3.8, 4) is 0 Å². The molecule has 19 heavy (non-hydrogen) atoms. The average Bonchev–Trinajstić information content (AvgIpc) is 2.37. The number of carboxylic acids is 1. The van der Waals surface area contributed by atoms with E-state index in [2.05, 4.69) is 0 Å². The first-order valence-corrected chi connectivity index (χ1v) is 6.12. The summed E-state index contributed by atoms with van der Waals surface area (Å²) < 4.78 is 18.5. The van der Waals surface area contributed by atoms with Gasteiger partial charge in [0.05, 0.1) is 18.2 Å². The summed E-state index contributed by atoms with van der Waals surface area (Å²) in [6, 6.07) is 4.12. The summed E-state index contributed by atoms with van der Waals surface area (Å²) in [6.07, 6.45) is -0.128. The average molecular weight is 287 g/mol. The monoisotopic (exact) mass is 286 g/mol. The lowest BCUT2D eigenvalue weighted by Gasteiger charge is -2.31. The molecule has 1 aliphatic rings. The molecular formula is C13H12ClFO4. The summed E-state index contributed by atoms with van der Waals surface area (Å²) in [5, 5.41) is 9.19. The van der Waals surface area contributed by atoms with E-state index >= 15 is 0 Å². The summed E-state index contributed by atoms with van der Waals surface area (Å²) in [6.45, 7) is -0.00123. The highest BCUT2D eigenvalue weighted by Crippen LogP contribution is 2.33. The van der Waals surface area contributed by atoms with Crippen LogP contribution in [0.2, 0.25) is 5.02 Å². The maximum atomic E-state index is 13.4. The number of carbonyl (C=O) groups excluding carboxylic acids is 1. The zero-order valence-corrected chi connectivity index (χ0v) is 10.7. The molecule has 0 saturated carbocycles. The number of rotatable bonds is 3. The number of halogens is 2. The van der Waals surface area contributed by atoms with E-state index < -0.39 is 23.0 Å². The molecule has 0 bridgehead atoms. The molecule has 2 rings (SSSR count). The smallest absolute Gasteiger partial charge is 0.319 e. The first kappa shape index (κ1) is 14.0. The summed E-state index contributed by atoms with van der Waals surface area (Å²) >= 11 is 5.81. The Morgan fingerprint density at radius 1 is 1.53 bits per heavy atom. The first-order chi connectivity index (χ1) is 8.97. The standard InChI is InChI=1S/C13H12ClFO4/c14-11-8(2-1-3-9(11)15)6-13(12(17)18)7-19-5-4-10(13)16/h1-3H,4-7H2,(H,17,18). The van der Waals surface area contributed by atoms with E-state index in [0.29, 0.717) is 5.56 Å². The molecule has 1 aromatic carbocycles. The van der Waals surface area contributed by atoms with Crippen molar-refractivity contribution in [2.75, 3.05) is 13.2 Å².